The van der Waals surface area contributed by atoms with E-state index in [1.54, 1.807) is 11.3 Å². The molecule has 0 spiro atoms. The van der Waals surface area contributed by atoms with Gasteiger partial charge in [-0.25, -0.2) is 4.98 Å². The highest BCUT2D eigenvalue weighted by Crippen LogP contribution is 2.19. The molecule has 1 heterocycles. The average molecular weight is 296 g/mol. The Kier molecular flexibility index (Phi) is 8.26. The van der Waals surface area contributed by atoms with E-state index in [1.807, 2.05) is 0 Å². The van der Waals surface area contributed by atoms with E-state index < -0.39 is 0 Å². The molecule has 5 heteroatoms. The molecule has 3 N–H and O–H groups in total. The van der Waals surface area contributed by atoms with Crippen molar-refractivity contribution < 1.29 is 0 Å². The molecule has 1 aromatic rings. The highest BCUT2D eigenvalue weighted by Gasteiger charge is 2.05. The monoisotopic (exact) mass is 296 g/mol. The third-order valence-electron chi connectivity index (χ3n) is 3.04. The molecule has 0 unspecified atom stereocenters. The van der Waals surface area contributed by atoms with Crippen LogP contribution < -0.4 is 11.1 Å². The maximum atomic E-state index is 5.83. The standard InChI is InChI=1S/C15H28N4S/c1-4-5-6-7-9-17-15(16)18-10-8-13-11-20-14(19-13)12(2)3/h11-12H,4-10H2,1-3H3,(H3,16,17,18). The quantitative estimate of drug-likeness (QED) is 0.417. The zero-order chi connectivity index (χ0) is 14.8. The van der Waals surface area contributed by atoms with Crippen LogP contribution in [0.5, 0.6) is 0 Å². The summed E-state index contributed by atoms with van der Waals surface area (Å²) in [6.45, 7) is 8.18. The Balaban J connectivity index is 2.17. The van der Waals surface area contributed by atoms with E-state index in [2.05, 4.69) is 41.4 Å². The van der Waals surface area contributed by atoms with Crippen LogP contribution in [0.4, 0.5) is 0 Å². The lowest BCUT2D eigenvalue weighted by Gasteiger charge is -2.04. The van der Waals surface area contributed by atoms with Crippen molar-refractivity contribution in [3.05, 3.63) is 16.1 Å². The minimum Gasteiger partial charge on any atom is -0.370 e. The minimum absolute atomic E-state index is 0.511. The SMILES string of the molecule is CCCCCCN=C(N)NCCc1csc(C(C)C)n1. The third-order valence-corrected chi connectivity index (χ3v) is 4.24. The summed E-state index contributed by atoms with van der Waals surface area (Å²) in [4.78, 5) is 8.93. The van der Waals surface area contributed by atoms with Crippen LogP contribution in [0.25, 0.3) is 0 Å². The van der Waals surface area contributed by atoms with Crippen molar-refractivity contribution in [2.45, 2.75) is 58.8 Å². The second kappa shape index (κ2) is 9.75. The molecule has 0 amide bonds. The van der Waals surface area contributed by atoms with Gasteiger partial charge in [-0.2, -0.15) is 0 Å². The van der Waals surface area contributed by atoms with Crippen LogP contribution >= 0.6 is 11.3 Å². The fraction of sp³-hybridized carbons (Fsp3) is 0.733. The Morgan fingerprint density at radius 3 is 2.85 bits per heavy atom. The molecular formula is C15H28N4S. The molecule has 0 radical (unpaired) electrons. The van der Waals surface area contributed by atoms with Gasteiger partial charge in [0, 0.05) is 30.8 Å². The van der Waals surface area contributed by atoms with Crippen molar-refractivity contribution >= 4 is 17.3 Å². The Hall–Kier alpha value is -1.10. The van der Waals surface area contributed by atoms with Gasteiger partial charge in [-0.1, -0.05) is 40.0 Å². The summed E-state index contributed by atoms with van der Waals surface area (Å²) < 4.78 is 0. The fourth-order valence-electron chi connectivity index (χ4n) is 1.82. The largest absolute Gasteiger partial charge is 0.370 e. The molecule has 0 saturated heterocycles. The molecule has 20 heavy (non-hydrogen) atoms. The van der Waals surface area contributed by atoms with Gasteiger partial charge in [0.1, 0.15) is 0 Å². The molecular weight excluding hydrogens is 268 g/mol. The van der Waals surface area contributed by atoms with Gasteiger partial charge in [-0.05, 0) is 6.42 Å². The van der Waals surface area contributed by atoms with Gasteiger partial charge in [0.15, 0.2) is 5.96 Å². The molecule has 0 bridgehead atoms. The molecule has 0 fully saturated rings. The first-order valence-corrected chi connectivity index (χ1v) is 8.49. The molecule has 1 rings (SSSR count). The summed E-state index contributed by atoms with van der Waals surface area (Å²) in [5, 5.41) is 6.49. The number of rotatable bonds is 9. The van der Waals surface area contributed by atoms with Crippen molar-refractivity contribution in [1.82, 2.24) is 10.3 Å². The average Bonchev–Trinajstić information content (AvgIpc) is 2.87. The smallest absolute Gasteiger partial charge is 0.188 e. The maximum absolute atomic E-state index is 5.83. The lowest BCUT2D eigenvalue weighted by atomic mass is 10.2. The molecule has 0 atom stereocenters. The summed E-state index contributed by atoms with van der Waals surface area (Å²) >= 11 is 1.74. The number of unbranched alkanes of at least 4 members (excludes halogenated alkanes) is 3. The first-order valence-electron chi connectivity index (χ1n) is 7.61. The Morgan fingerprint density at radius 2 is 2.20 bits per heavy atom. The number of guanidine groups is 1. The summed E-state index contributed by atoms with van der Waals surface area (Å²) in [6, 6.07) is 0. The predicted molar refractivity (Wildman–Crippen MR) is 88.5 cm³/mol. The van der Waals surface area contributed by atoms with E-state index in [9.17, 15) is 0 Å². The molecule has 0 aliphatic carbocycles. The van der Waals surface area contributed by atoms with Gasteiger partial charge in [-0.15, -0.1) is 11.3 Å². The van der Waals surface area contributed by atoms with Gasteiger partial charge in [0.25, 0.3) is 0 Å². The van der Waals surface area contributed by atoms with Crippen LogP contribution in [-0.2, 0) is 6.42 Å². The van der Waals surface area contributed by atoms with Crippen molar-refractivity contribution in [2.24, 2.45) is 10.7 Å². The zero-order valence-corrected chi connectivity index (χ0v) is 13.8. The molecule has 0 aromatic carbocycles. The number of thiazole rings is 1. The predicted octanol–water partition coefficient (Wildman–Crippen LogP) is 3.29. The van der Waals surface area contributed by atoms with E-state index in [1.165, 1.54) is 24.3 Å². The van der Waals surface area contributed by atoms with Crippen LogP contribution in [0.2, 0.25) is 0 Å². The topological polar surface area (TPSA) is 63.3 Å². The summed E-state index contributed by atoms with van der Waals surface area (Å²) in [6.07, 6.45) is 5.80. The van der Waals surface area contributed by atoms with Gasteiger partial charge < -0.3 is 11.1 Å². The highest BCUT2D eigenvalue weighted by molar-refractivity contribution is 7.09. The van der Waals surface area contributed by atoms with Gasteiger partial charge in [0.2, 0.25) is 0 Å². The van der Waals surface area contributed by atoms with Gasteiger partial charge in [0.05, 0.1) is 10.7 Å². The van der Waals surface area contributed by atoms with E-state index in [4.69, 9.17) is 5.73 Å². The van der Waals surface area contributed by atoms with E-state index >= 15 is 0 Å². The van der Waals surface area contributed by atoms with Crippen molar-refractivity contribution in [1.29, 1.82) is 0 Å². The number of nitrogens with zero attached hydrogens (tertiary/aromatic N) is 2. The number of hydrogen-bond acceptors (Lipinski definition) is 3. The molecule has 0 aliphatic rings. The summed E-state index contributed by atoms with van der Waals surface area (Å²) in [5.41, 5.74) is 6.97. The molecule has 0 saturated carbocycles. The number of hydrogen-bond donors (Lipinski definition) is 2. The second-order valence-electron chi connectivity index (χ2n) is 5.34. The van der Waals surface area contributed by atoms with Crippen LogP contribution in [0.15, 0.2) is 10.4 Å². The lowest BCUT2D eigenvalue weighted by molar-refractivity contribution is 0.673. The number of nitrogens with one attached hydrogen (secondary N) is 1. The first kappa shape index (κ1) is 17.0. The van der Waals surface area contributed by atoms with Crippen LogP contribution in [-0.4, -0.2) is 24.0 Å². The molecule has 114 valence electrons. The Bertz CT molecular complexity index is 398. The van der Waals surface area contributed by atoms with E-state index in [0.29, 0.717) is 11.9 Å². The van der Waals surface area contributed by atoms with Gasteiger partial charge >= 0.3 is 0 Å². The second-order valence-corrected chi connectivity index (χ2v) is 6.23. The number of aromatic nitrogens is 1. The first-order chi connectivity index (χ1) is 9.63. The Labute approximate surface area is 126 Å². The van der Waals surface area contributed by atoms with Crippen molar-refractivity contribution in [3.8, 4) is 0 Å². The number of aliphatic imine (C=N–C) groups is 1. The maximum Gasteiger partial charge on any atom is 0.188 e. The normalized spacial score (nSPS) is 12.1. The van der Waals surface area contributed by atoms with Crippen molar-refractivity contribution in [3.63, 3.8) is 0 Å². The van der Waals surface area contributed by atoms with Crippen LogP contribution in [0.1, 0.15) is 63.1 Å². The molecule has 0 aliphatic heterocycles. The van der Waals surface area contributed by atoms with Gasteiger partial charge in [-0.3, -0.25) is 4.99 Å². The Morgan fingerprint density at radius 1 is 1.40 bits per heavy atom. The highest BCUT2D eigenvalue weighted by atomic mass is 32.1. The summed E-state index contributed by atoms with van der Waals surface area (Å²) in [7, 11) is 0. The number of nitrogens with two attached hydrogens (primary N) is 1. The molecule has 1 aromatic heterocycles. The zero-order valence-electron chi connectivity index (χ0n) is 13.0. The van der Waals surface area contributed by atoms with Crippen molar-refractivity contribution in [2.75, 3.05) is 13.1 Å². The van der Waals surface area contributed by atoms with E-state index in [0.717, 1.165) is 31.6 Å². The van der Waals surface area contributed by atoms with E-state index in [-0.39, 0.29) is 0 Å². The minimum atomic E-state index is 0.511. The van der Waals surface area contributed by atoms with Crippen LogP contribution in [0.3, 0.4) is 0 Å². The summed E-state index contributed by atoms with van der Waals surface area (Å²) in [5.74, 6) is 1.07. The molecule has 4 nitrogen and oxygen atoms in total. The third kappa shape index (κ3) is 6.89. The lowest BCUT2D eigenvalue weighted by Crippen LogP contribution is -2.33. The fourth-order valence-corrected chi connectivity index (χ4v) is 2.68. The van der Waals surface area contributed by atoms with Crippen LogP contribution in [0, 0.1) is 0 Å².